The van der Waals surface area contributed by atoms with Crippen molar-refractivity contribution in [1.29, 1.82) is 0 Å². The molecule has 0 unspecified atom stereocenters. The Kier molecular flexibility index (Phi) is 9.05. The molecule has 0 aromatic heterocycles. The molecule has 1 amide bonds. The number of amides is 1. The predicted octanol–water partition coefficient (Wildman–Crippen LogP) is 3.02. The average Bonchev–Trinajstić information content (AvgIpc) is 2.56. The van der Waals surface area contributed by atoms with E-state index in [1.54, 1.807) is 18.2 Å². The van der Waals surface area contributed by atoms with Crippen molar-refractivity contribution >= 4 is 27.8 Å². The zero-order valence-corrected chi connectivity index (χ0v) is 16.4. The van der Waals surface area contributed by atoms with Crippen LogP contribution in [0.25, 0.3) is 0 Å². The van der Waals surface area contributed by atoms with Gasteiger partial charge in [-0.15, -0.1) is 6.58 Å². The fraction of sp³-hybridized carbons (Fsp3) is 0.444. The molecule has 0 bridgehead atoms. The highest BCUT2D eigenvalue weighted by atomic mass is 79.9. The maximum absolute atomic E-state index is 12.1. The summed E-state index contributed by atoms with van der Waals surface area (Å²) < 4.78 is 17.0. The van der Waals surface area contributed by atoms with E-state index in [-0.39, 0.29) is 12.3 Å². The number of hydrogen-bond donors (Lipinski definition) is 1. The van der Waals surface area contributed by atoms with E-state index < -0.39 is 12.1 Å². The summed E-state index contributed by atoms with van der Waals surface area (Å²) in [4.78, 5) is 23.8. The van der Waals surface area contributed by atoms with Crippen LogP contribution in [0.1, 0.15) is 26.3 Å². The standard InChI is InChI=1S/C18H24BrNO5/c1-5-8-20-18(22)12(4)25-17(21)10-13-9-15(23-6-2)16(24-7-3)11-14(13)19/h5,9,11-12H,1,6-8,10H2,2-4H3,(H,20,22)/t12-/m0/s1. The Morgan fingerprint density at radius 2 is 1.84 bits per heavy atom. The molecule has 0 saturated carbocycles. The Bertz CT molecular complexity index is 618. The number of nitrogens with one attached hydrogen (secondary N) is 1. The van der Waals surface area contributed by atoms with Crippen molar-refractivity contribution in [3.63, 3.8) is 0 Å². The molecule has 0 aliphatic heterocycles. The van der Waals surface area contributed by atoms with Crippen molar-refractivity contribution < 1.29 is 23.8 Å². The smallest absolute Gasteiger partial charge is 0.311 e. The van der Waals surface area contributed by atoms with Gasteiger partial charge in [0.15, 0.2) is 17.6 Å². The summed E-state index contributed by atoms with van der Waals surface area (Å²) in [5.41, 5.74) is 0.690. The molecule has 7 heteroatoms. The van der Waals surface area contributed by atoms with Crippen LogP contribution in [0.15, 0.2) is 29.3 Å². The van der Waals surface area contributed by atoms with Crippen molar-refractivity contribution in [1.82, 2.24) is 5.32 Å². The van der Waals surface area contributed by atoms with Crippen LogP contribution in [0, 0.1) is 0 Å². The molecule has 0 aliphatic rings. The third-order valence-corrected chi connectivity index (χ3v) is 3.88. The zero-order valence-electron chi connectivity index (χ0n) is 14.8. The van der Waals surface area contributed by atoms with Gasteiger partial charge in [-0.05, 0) is 38.5 Å². The Labute approximate surface area is 156 Å². The highest BCUT2D eigenvalue weighted by molar-refractivity contribution is 9.10. The number of halogens is 1. The largest absolute Gasteiger partial charge is 0.490 e. The van der Waals surface area contributed by atoms with E-state index in [0.717, 1.165) is 0 Å². The third-order valence-electron chi connectivity index (χ3n) is 3.15. The maximum Gasteiger partial charge on any atom is 0.311 e. The van der Waals surface area contributed by atoms with Gasteiger partial charge in [-0.1, -0.05) is 22.0 Å². The molecule has 0 aliphatic carbocycles. The zero-order chi connectivity index (χ0) is 18.8. The van der Waals surface area contributed by atoms with E-state index in [1.807, 2.05) is 13.8 Å². The van der Waals surface area contributed by atoms with Crippen LogP contribution >= 0.6 is 15.9 Å². The minimum Gasteiger partial charge on any atom is -0.490 e. The summed E-state index contributed by atoms with van der Waals surface area (Å²) in [7, 11) is 0. The first-order chi connectivity index (χ1) is 11.9. The van der Waals surface area contributed by atoms with Crippen molar-refractivity contribution in [2.45, 2.75) is 33.3 Å². The second kappa shape index (κ2) is 10.8. The van der Waals surface area contributed by atoms with Gasteiger partial charge in [0.2, 0.25) is 0 Å². The first kappa shape index (κ1) is 21.0. The number of ether oxygens (including phenoxy) is 3. The minimum atomic E-state index is -0.875. The molecule has 0 fully saturated rings. The van der Waals surface area contributed by atoms with Crippen LogP contribution in [-0.2, 0) is 20.7 Å². The van der Waals surface area contributed by atoms with Gasteiger partial charge < -0.3 is 19.5 Å². The molecule has 1 rings (SSSR count). The Hall–Kier alpha value is -2.02. The van der Waals surface area contributed by atoms with Crippen LogP contribution < -0.4 is 14.8 Å². The third kappa shape index (κ3) is 6.78. The summed E-state index contributed by atoms with van der Waals surface area (Å²) >= 11 is 3.43. The Morgan fingerprint density at radius 1 is 1.24 bits per heavy atom. The first-order valence-electron chi connectivity index (χ1n) is 8.08. The lowest BCUT2D eigenvalue weighted by Gasteiger charge is -2.15. The molecule has 6 nitrogen and oxygen atoms in total. The average molecular weight is 414 g/mol. The summed E-state index contributed by atoms with van der Waals surface area (Å²) in [6.45, 7) is 10.1. The van der Waals surface area contributed by atoms with Crippen LogP contribution in [0.2, 0.25) is 0 Å². The van der Waals surface area contributed by atoms with Gasteiger partial charge in [-0.3, -0.25) is 9.59 Å². The van der Waals surface area contributed by atoms with Gasteiger partial charge >= 0.3 is 5.97 Å². The number of esters is 1. The monoisotopic (exact) mass is 413 g/mol. The number of carbonyl (C=O) groups is 2. The molecule has 1 N–H and O–H groups in total. The number of rotatable bonds is 10. The Morgan fingerprint density at radius 3 is 2.40 bits per heavy atom. The molecule has 0 spiro atoms. The fourth-order valence-corrected chi connectivity index (χ4v) is 2.48. The molecule has 1 atom stereocenters. The van der Waals surface area contributed by atoms with Crippen molar-refractivity contribution in [3.8, 4) is 11.5 Å². The first-order valence-corrected chi connectivity index (χ1v) is 8.88. The lowest BCUT2D eigenvalue weighted by molar-refractivity contribution is -0.154. The molecular weight excluding hydrogens is 390 g/mol. The second-order valence-corrected chi connectivity index (χ2v) is 5.95. The number of hydrogen-bond acceptors (Lipinski definition) is 5. The van der Waals surface area contributed by atoms with Gasteiger partial charge in [-0.25, -0.2) is 0 Å². The quantitative estimate of drug-likeness (QED) is 0.471. The molecule has 1 aromatic rings. The number of benzene rings is 1. The highest BCUT2D eigenvalue weighted by Crippen LogP contribution is 2.34. The van der Waals surface area contributed by atoms with Crippen molar-refractivity contribution in [2.75, 3.05) is 19.8 Å². The fourth-order valence-electron chi connectivity index (χ4n) is 2.01. The SMILES string of the molecule is C=CCNC(=O)[C@H](C)OC(=O)Cc1cc(OCC)c(OCC)cc1Br. The van der Waals surface area contributed by atoms with Gasteiger partial charge in [0.1, 0.15) is 0 Å². The molecular formula is C18H24BrNO5. The lowest BCUT2D eigenvalue weighted by Crippen LogP contribution is -2.36. The normalized spacial score (nSPS) is 11.4. The molecule has 0 saturated heterocycles. The van der Waals surface area contributed by atoms with Crippen LogP contribution in [0.5, 0.6) is 11.5 Å². The second-order valence-electron chi connectivity index (χ2n) is 5.10. The Balaban J connectivity index is 2.80. The van der Waals surface area contributed by atoms with E-state index in [1.165, 1.54) is 6.92 Å². The van der Waals surface area contributed by atoms with Gasteiger partial charge in [0.05, 0.1) is 19.6 Å². The van der Waals surface area contributed by atoms with Crippen molar-refractivity contribution in [2.24, 2.45) is 0 Å². The summed E-state index contributed by atoms with van der Waals surface area (Å²) in [6, 6.07) is 3.50. The lowest BCUT2D eigenvalue weighted by atomic mass is 10.1. The van der Waals surface area contributed by atoms with Crippen LogP contribution in [0.4, 0.5) is 0 Å². The molecule has 0 heterocycles. The van der Waals surface area contributed by atoms with E-state index in [2.05, 4.69) is 27.8 Å². The topological polar surface area (TPSA) is 73.9 Å². The predicted molar refractivity (Wildman–Crippen MR) is 98.9 cm³/mol. The molecule has 1 aromatic carbocycles. The van der Waals surface area contributed by atoms with Gasteiger partial charge in [-0.2, -0.15) is 0 Å². The highest BCUT2D eigenvalue weighted by Gasteiger charge is 2.19. The van der Waals surface area contributed by atoms with Crippen LogP contribution in [0.3, 0.4) is 0 Å². The maximum atomic E-state index is 12.1. The number of carbonyl (C=O) groups excluding carboxylic acids is 2. The van der Waals surface area contributed by atoms with Crippen molar-refractivity contribution in [3.05, 3.63) is 34.8 Å². The van der Waals surface area contributed by atoms with E-state index in [0.29, 0.717) is 41.3 Å². The molecule has 25 heavy (non-hydrogen) atoms. The summed E-state index contributed by atoms with van der Waals surface area (Å²) in [5, 5.41) is 2.58. The minimum absolute atomic E-state index is 0.00609. The molecule has 138 valence electrons. The van der Waals surface area contributed by atoms with Gasteiger partial charge in [0.25, 0.3) is 5.91 Å². The summed E-state index contributed by atoms with van der Waals surface area (Å²) in [6.07, 6.45) is 0.686. The van der Waals surface area contributed by atoms with E-state index in [9.17, 15) is 9.59 Å². The van der Waals surface area contributed by atoms with E-state index in [4.69, 9.17) is 14.2 Å². The van der Waals surface area contributed by atoms with E-state index >= 15 is 0 Å². The van der Waals surface area contributed by atoms with Crippen LogP contribution in [-0.4, -0.2) is 37.7 Å². The molecule has 0 radical (unpaired) electrons. The summed E-state index contributed by atoms with van der Waals surface area (Å²) in [5.74, 6) is 0.292. The van der Waals surface area contributed by atoms with Gasteiger partial charge in [0, 0.05) is 11.0 Å².